The van der Waals surface area contributed by atoms with Gasteiger partial charge in [0.2, 0.25) is 6.33 Å². The SMILES string of the molecule is C=CCC[n+]1ccn(C2CCCCC2O)c1. The van der Waals surface area contributed by atoms with E-state index < -0.39 is 0 Å². The van der Waals surface area contributed by atoms with E-state index in [0.717, 1.165) is 32.2 Å². The van der Waals surface area contributed by atoms with Crippen molar-refractivity contribution in [2.24, 2.45) is 0 Å². The number of nitrogens with zero attached hydrogens (tertiary/aromatic N) is 2. The Kier molecular flexibility index (Phi) is 3.78. The second-order valence-corrected chi connectivity index (χ2v) is 4.60. The molecule has 0 aromatic carbocycles. The van der Waals surface area contributed by atoms with Crippen LogP contribution in [0.15, 0.2) is 31.4 Å². The molecule has 1 saturated carbocycles. The average Bonchev–Trinajstić information content (AvgIpc) is 2.75. The first-order valence-corrected chi connectivity index (χ1v) is 6.17. The molecule has 2 unspecified atom stereocenters. The summed E-state index contributed by atoms with van der Waals surface area (Å²) in [4.78, 5) is 0. The van der Waals surface area contributed by atoms with Crippen molar-refractivity contribution in [1.29, 1.82) is 0 Å². The van der Waals surface area contributed by atoms with E-state index in [1.165, 1.54) is 6.42 Å². The average molecular weight is 221 g/mol. The molecule has 0 amide bonds. The zero-order valence-corrected chi connectivity index (χ0v) is 9.76. The predicted molar refractivity (Wildman–Crippen MR) is 63.0 cm³/mol. The van der Waals surface area contributed by atoms with E-state index in [9.17, 15) is 5.11 Å². The molecular weight excluding hydrogens is 200 g/mol. The molecule has 1 N–H and O–H groups in total. The van der Waals surface area contributed by atoms with Crippen LogP contribution in [0.25, 0.3) is 0 Å². The van der Waals surface area contributed by atoms with Crippen molar-refractivity contribution >= 4 is 0 Å². The number of allylic oxidation sites excluding steroid dienone is 1. The molecule has 1 fully saturated rings. The maximum Gasteiger partial charge on any atom is 0.244 e. The molecule has 2 rings (SSSR count). The minimum atomic E-state index is -0.172. The molecular formula is C13H21N2O+. The quantitative estimate of drug-likeness (QED) is 0.610. The molecule has 1 aliphatic rings. The Morgan fingerprint density at radius 2 is 2.25 bits per heavy atom. The standard InChI is InChI=1S/C13H21N2O/c1-2-3-8-14-9-10-15(11-14)12-6-4-5-7-13(12)16/h2,9-13,16H,1,3-8H2/q+1. The molecule has 1 heterocycles. The maximum absolute atomic E-state index is 9.96. The Balaban J connectivity index is 2.02. The molecule has 16 heavy (non-hydrogen) atoms. The number of hydrogen-bond acceptors (Lipinski definition) is 1. The topological polar surface area (TPSA) is 29.0 Å². The van der Waals surface area contributed by atoms with Crippen molar-refractivity contribution in [2.75, 3.05) is 0 Å². The van der Waals surface area contributed by atoms with Gasteiger partial charge >= 0.3 is 0 Å². The molecule has 0 radical (unpaired) electrons. The maximum atomic E-state index is 9.96. The van der Waals surface area contributed by atoms with Crippen LogP contribution >= 0.6 is 0 Å². The van der Waals surface area contributed by atoms with Gasteiger partial charge in [-0.3, -0.25) is 0 Å². The van der Waals surface area contributed by atoms with Crippen molar-refractivity contribution in [3.63, 3.8) is 0 Å². The van der Waals surface area contributed by atoms with Gasteiger partial charge in [0.05, 0.1) is 12.6 Å². The first-order valence-electron chi connectivity index (χ1n) is 6.17. The van der Waals surface area contributed by atoms with Crippen LogP contribution in [0.3, 0.4) is 0 Å². The Labute approximate surface area is 97.0 Å². The minimum absolute atomic E-state index is 0.172. The third-order valence-corrected chi connectivity index (χ3v) is 3.38. The van der Waals surface area contributed by atoms with Gasteiger partial charge in [-0.15, -0.1) is 6.58 Å². The van der Waals surface area contributed by atoms with E-state index in [-0.39, 0.29) is 12.1 Å². The summed E-state index contributed by atoms with van der Waals surface area (Å²) >= 11 is 0. The van der Waals surface area contributed by atoms with Gasteiger partial charge in [0, 0.05) is 6.42 Å². The molecule has 3 heteroatoms. The van der Waals surface area contributed by atoms with Gasteiger partial charge < -0.3 is 5.11 Å². The zero-order chi connectivity index (χ0) is 11.4. The molecule has 0 bridgehead atoms. The molecule has 0 spiro atoms. The van der Waals surface area contributed by atoms with Gasteiger partial charge in [-0.2, -0.15) is 0 Å². The highest BCUT2D eigenvalue weighted by atomic mass is 16.3. The molecule has 3 nitrogen and oxygen atoms in total. The summed E-state index contributed by atoms with van der Waals surface area (Å²) in [7, 11) is 0. The largest absolute Gasteiger partial charge is 0.389 e. The number of rotatable bonds is 4. The molecule has 1 aromatic rings. The van der Waals surface area contributed by atoms with Crippen molar-refractivity contribution in [3.05, 3.63) is 31.4 Å². The van der Waals surface area contributed by atoms with E-state index in [0.29, 0.717) is 0 Å². The van der Waals surface area contributed by atoms with E-state index in [2.05, 4.69) is 34.4 Å². The lowest BCUT2D eigenvalue weighted by Gasteiger charge is -2.24. The fourth-order valence-corrected chi connectivity index (χ4v) is 2.42. The normalized spacial score (nSPS) is 25.6. The smallest absolute Gasteiger partial charge is 0.244 e. The lowest BCUT2D eigenvalue weighted by atomic mass is 9.92. The van der Waals surface area contributed by atoms with Crippen LogP contribution in [0.5, 0.6) is 0 Å². The van der Waals surface area contributed by atoms with Crippen LogP contribution in [0, 0.1) is 0 Å². The van der Waals surface area contributed by atoms with Crippen molar-refractivity contribution in [3.8, 4) is 0 Å². The third kappa shape index (κ3) is 2.53. The van der Waals surface area contributed by atoms with Gasteiger partial charge in [0.25, 0.3) is 0 Å². The lowest BCUT2D eigenvalue weighted by molar-refractivity contribution is -0.695. The Hall–Kier alpha value is -1.09. The van der Waals surface area contributed by atoms with E-state index in [1.807, 2.05) is 6.08 Å². The Morgan fingerprint density at radius 3 is 3.00 bits per heavy atom. The minimum Gasteiger partial charge on any atom is -0.389 e. The fraction of sp³-hybridized carbons (Fsp3) is 0.615. The molecule has 88 valence electrons. The van der Waals surface area contributed by atoms with E-state index in [4.69, 9.17) is 0 Å². The molecule has 2 atom stereocenters. The number of aryl methyl sites for hydroxylation is 1. The van der Waals surface area contributed by atoms with Crippen LogP contribution < -0.4 is 4.57 Å². The highest BCUT2D eigenvalue weighted by molar-refractivity contribution is 4.83. The predicted octanol–water partition coefficient (Wildman–Crippen LogP) is 1.83. The Morgan fingerprint density at radius 1 is 1.44 bits per heavy atom. The summed E-state index contributed by atoms with van der Waals surface area (Å²) in [5, 5.41) is 9.96. The fourth-order valence-electron chi connectivity index (χ4n) is 2.42. The molecule has 0 saturated heterocycles. The summed E-state index contributed by atoms with van der Waals surface area (Å²) < 4.78 is 4.32. The van der Waals surface area contributed by atoms with Gasteiger partial charge in [0.1, 0.15) is 18.4 Å². The first-order chi connectivity index (χ1) is 7.81. The first kappa shape index (κ1) is 11.4. The van der Waals surface area contributed by atoms with Crippen LogP contribution in [0.2, 0.25) is 0 Å². The summed E-state index contributed by atoms with van der Waals surface area (Å²) in [6, 6.07) is 0.277. The highest BCUT2D eigenvalue weighted by Gasteiger charge is 2.28. The second kappa shape index (κ2) is 5.30. The summed E-state index contributed by atoms with van der Waals surface area (Å²) in [5.74, 6) is 0. The number of aromatic nitrogens is 2. The summed E-state index contributed by atoms with van der Waals surface area (Å²) in [6.45, 7) is 4.70. The summed E-state index contributed by atoms with van der Waals surface area (Å²) in [5.41, 5.74) is 0. The van der Waals surface area contributed by atoms with E-state index >= 15 is 0 Å². The number of aliphatic hydroxyl groups is 1. The van der Waals surface area contributed by atoms with Gasteiger partial charge in [-0.25, -0.2) is 9.13 Å². The van der Waals surface area contributed by atoms with Crippen molar-refractivity contribution < 1.29 is 9.67 Å². The second-order valence-electron chi connectivity index (χ2n) is 4.60. The monoisotopic (exact) mass is 221 g/mol. The van der Waals surface area contributed by atoms with Gasteiger partial charge in [-0.05, 0) is 19.3 Å². The number of aliphatic hydroxyl groups excluding tert-OH is 1. The van der Waals surface area contributed by atoms with Gasteiger partial charge in [-0.1, -0.05) is 12.5 Å². The van der Waals surface area contributed by atoms with Crippen molar-refractivity contribution in [2.45, 2.75) is 50.8 Å². The molecule has 1 aromatic heterocycles. The van der Waals surface area contributed by atoms with Crippen LogP contribution in [-0.2, 0) is 6.54 Å². The van der Waals surface area contributed by atoms with Crippen LogP contribution in [0.4, 0.5) is 0 Å². The molecule has 1 aliphatic carbocycles. The molecule has 0 aliphatic heterocycles. The van der Waals surface area contributed by atoms with Crippen molar-refractivity contribution in [1.82, 2.24) is 4.57 Å². The van der Waals surface area contributed by atoms with Crippen LogP contribution in [0.1, 0.15) is 38.1 Å². The summed E-state index contributed by atoms with van der Waals surface area (Å²) in [6.07, 6.45) is 13.4. The zero-order valence-electron chi connectivity index (χ0n) is 9.76. The Bertz CT molecular complexity index is 345. The van der Waals surface area contributed by atoms with Crippen LogP contribution in [-0.4, -0.2) is 15.8 Å². The highest BCUT2D eigenvalue weighted by Crippen LogP contribution is 2.27. The number of imidazole rings is 1. The number of hydrogen-bond donors (Lipinski definition) is 1. The lowest BCUT2D eigenvalue weighted by Crippen LogP contribution is -2.32. The van der Waals surface area contributed by atoms with E-state index in [1.54, 1.807) is 0 Å². The van der Waals surface area contributed by atoms with Gasteiger partial charge in [0.15, 0.2) is 0 Å². The third-order valence-electron chi connectivity index (χ3n) is 3.38.